The Hall–Kier alpha value is -3.70. The molecule has 0 saturated heterocycles. The summed E-state index contributed by atoms with van der Waals surface area (Å²) in [5, 5.41) is 11.7. The van der Waals surface area contributed by atoms with Crippen LogP contribution in [0.2, 0.25) is 0 Å². The molecule has 0 fully saturated rings. The molecule has 0 unspecified atom stereocenters. The van der Waals surface area contributed by atoms with Crippen LogP contribution in [0.4, 0.5) is 5.69 Å². The van der Waals surface area contributed by atoms with E-state index in [4.69, 9.17) is 4.74 Å². The molecule has 1 aliphatic rings. The maximum absolute atomic E-state index is 13.7. The first-order valence-electron chi connectivity index (χ1n) is 14.3. The van der Waals surface area contributed by atoms with E-state index in [2.05, 4.69) is 46.0 Å². The van der Waals surface area contributed by atoms with Gasteiger partial charge in [0, 0.05) is 25.6 Å². The smallest absolute Gasteiger partial charge is 0.271 e. The summed E-state index contributed by atoms with van der Waals surface area (Å²) in [4.78, 5) is 17.5. The van der Waals surface area contributed by atoms with Crippen molar-refractivity contribution < 1.29 is 23.1 Å². The van der Waals surface area contributed by atoms with Crippen molar-refractivity contribution in [3.8, 4) is 16.9 Å². The summed E-state index contributed by atoms with van der Waals surface area (Å²) in [5.74, 6) is -0.234. The number of thiophene rings is 1. The first-order chi connectivity index (χ1) is 20.7. The number of anilines is 1. The minimum absolute atomic E-state index is 0.115. The normalized spacial score (nSPS) is 18.0. The van der Waals surface area contributed by atoms with Gasteiger partial charge in [0.2, 0.25) is 0 Å². The Kier molecular flexibility index (Phi) is 9.51. The van der Waals surface area contributed by atoms with E-state index in [0.717, 1.165) is 22.5 Å². The molecule has 1 amide bonds. The number of hydrogen-bond donors (Lipinski definition) is 2. The lowest BCUT2D eigenvalue weighted by Gasteiger charge is -2.38. The molecule has 0 aliphatic carbocycles. The van der Waals surface area contributed by atoms with Crippen molar-refractivity contribution in [1.82, 2.24) is 9.80 Å². The van der Waals surface area contributed by atoms with Crippen molar-refractivity contribution in [3.05, 3.63) is 101 Å². The number of carbonyl (C=O) groups excluding carboxylic acids is 1. The minimum atomic E-state index is -3.88. The number of para-hydroxylation sites is 1. The molecular formula is C33H37N3O5S2. The van der Waals surface area contributed by atoms with E-state index in [0.29, 0.717) is 19.6 Å². The number of hydrogen-bond acceptors (Lipinski definition) is 7. The molecule has 10 heteroatoms. The molecule has 5 rings (SSSR count). The molecule has 3 atom stereocenters. The Morgan fingerprint density at radius 1 is 1.02 bits per heavy atom. The average molecular weight is 620 g/mol. The van der Waals surface area contributed by atoms with Crippen molar-refractivity contribution in [2.24, 2.45) is 5.92 Å². The highest BCUT2D eigenvalue weighted by molar-refractivity contribution is 7.94. The summed E-state index contributed by atoms with van der Waals surface area (Å²) in [5.41, 5.74) is 3.92. The van der Waals surface area contributed by atoms with Crippen molar-refractivity contribution in [2.45, 2.75) is 36.7 Å². The Bertz CT molecular complexity index is 1630. The zero-order chi connectivity index (χ0) is 30.6. The maximum atomic E-state index is 13.7. The highest BCUT2D eigenvalue weighted by atomic mass is 32.2. The molecule has 0 radical (unpaired) electrons. The molecule has 2 heterocycles. The quantitative estimate of drug-likeness (QED) is 0.241. The molecule has 0 saturated carbocycles. The van der Waals surface area contributed by atoms with Gasteiger partial charge in [-0.25, -0.2) is 8.42 Å². The van der Waals surface area contributed by atoms with Crippen LogP contribution in [0.1, 0.15) is 29.8 Å². The van der Waals surface area contributed by atoms with E-state index in [-0.39, 0.29) is 45.7 Å². The predicted octanol–water partition coefficient (Wildman–Crippen LogP) is 5.57. The third kappa shape index (κ3) is 7.10. The molecular weight excluding hydrogens is 583 g/mol. The van der Waals surface area contributed by atoms with Gasteiger partial charge in [-0.2, -0.15) is 0 Å². The fraction of sp³-hybridized carbons (Fsp3) is 0.303. The van der Waals surface area contributed by atoms with Crippen LogP contribution >= 0.6 is 11.3 Å². The molecule has 43 heavy (non-hydrogen) atoms. The first kappa shape index (κ1) is 30.7. The van der Waals surface area contributed by atoms with Gasteiger partial charge in [0.1, 0.15) is 10.3 Å². The van der Waals surface area contributed by atoms with Gasteiger partial charge >= 0.3 is 0 Å². The second kappa shape index (κ2) is 13.3. The molecule has 8 nitrogen and oxygen atoms in total. The van der Waals surface area contributed by atoms with E-state index in [1.807, 2.05) is 32.2 Å². The summed E-state index contributed by atoms with van der Waals surface area (Å²) in [7, 11) is -1.86. The Morgan fingerprint density at radius 2 is 1.74 bits per heavy atom. The van der Waals surface area contributed by atoms with Gasteiger partial charge in [-0.15, -0.1) is 11.3 Å². The van der Waals surface area contributed by atoms with E-state index < -0.39 is 16.1 Å². The molecule has 1 aliphatic heterocycles. The van der Waals surface area contributed by atoms with Crippen LogP contribution in [0.25, 0.3) is 11.1 Å². The predicted molar refractivity (Wildman–Crippen MR) is 171 cm³/mol. The topological polar surface area (TPSA) is 99.2 Å². The van der Waals surface area contributed by atoms with Crippen molar-refractivity contribution in [3.63, 3.8) is 0 Å². The van der Waals surface area contributed by atoms with Crippen molar-refractivity contribution in [2.75, 3.05) is 31.5 Å². The Labute approximate surface area is 257 Å². The lowest BCUT2D eigenvalue weighted by molar-refractivity contribution is 0.0344. The third-order valence-electron chi connectivity index (χ3n) is 7.70. The summed E-state index contributed by atoms with van der Waals surface area (Å²) in [6.45, 7) is 5.22. The largest absolute Gasteiger partial charge is 0.486 e. The molecule has 2 N–H and O–H groups in total. The zero-order valence-corrected chi connectivity index (χ0v) is 26.1. The van der Waals surface area contributed by atoms with Crippen LogP contribution in [0.5, 0.6) is 5.75 Å². The second-order valence-corrected chi connectivity index (χ2v) is 14.0. The lowest BCUT2D eigenvalue weighted by atomic mass is 9.98. The number of ether oxygens (including phenoxy) is 1. The number of nitrogens with one attached hydrogen (secondary N) is 1. The van der Waals surface area contributed by atoms with Gasteiger partial charge < -0.3 is 14.7 Å². The molecule has 226 valence electrons. The van der Waals surface area contributed by atoms with Gasteiger partial charge in [0.05, 0.1) is 23.9 Å². The number of aliphatic hydroxyl groups is 1. The number of likely N-dealkylation sites (N-methyl/N-ethyl adjacent to an activating group) is 1. The fourth-order valence-electron chi connectivity index (χ4n) is 5.27. The third-order valence-corrected chi connectivity index (χ3v) is 10.5. The second-order valence-electron chi connectivity index (χ2n) is 11.1. The van der Waals surface area contributed by atoms with Crippen LogP contribution in [-0.4, -0.2) is 68.1 Å². The summed E-state index contributed by atoms with van der Waals surface area (Å²) in [6.07, 6.45) is -0.374. The van der Waals surface area contributed by atoms with Crippen LogP contribution in [0, 0.1) is 5.92 Å². The van der Waals surface area contributed by atoms with Gasteiger partial charge in [-0.3, -0.25) is 14.4 Å². The summed E-state index contributed by atoms with van der Waals surface area (Å²) >= 11 is 1.11. The highest BCUT2D eigenvalue weighted by Gasteiger charge is 2.35. The van der Waals surface area contributed by atoms with Crippen LogP contribution < -0.4 is 9.46 Å². The van der Waals surface area contributed by atoms with E-state index >= 15 is 0 Å². The molecule has 0 bridgehead atoms. The van der Waals surface area contributed by atoms with Gasteiger partial charge in [0.15, 0.2) is 5.75 Å². The van der Waals surface area contributed by atoms with E-state index in [9.17, 15) is 18.3 Å². The number of aliphatic hydroxyl groups excluding tert-OH is 1. The van der Waals surface area contributed by atoms with Crippen molar-refractivity contribution >= 4 is 33.0 Å². The Morgan fingerprint density at radius 3 is 2.42 bits per heavy atom. The van der Waals surface area contributed by atoms with E-state index in [1.165, 1.54) is 11.6 Å². The number of benzene rings is 3. The van der Waals surface area contributed by atoms with E-state index in [1.54, 1.807) is 41.5 Å². The number of rotatable bonds is 10. The lowest BCUT2D eigenvalue weighted by Crippen LogP contribution is -2.49. The Balaban J connectivity index is 1.41. The SMILES string of the molecule is C[C@H]1CN([C@@H](C)CO)C(=O)c2cccc(NS(=O)(=O)c3cccs3)c2O[C@H]1CN(C)Cc1ccc(-c2ccccc2)cc1. The van der Waals surface area contributed by atoms with Crippen LogP contribution in [0.3, 0.4) is 0 Å². The van der Waals surface area contributed by atoms with Gasteiger partial charge in [-0.05, 0) is 54.2 Å². The molecule has 3 aromatic carbocycles. The fourth-order valence-corrected chi connectivity index (χ4v) is 7.33. The summed E-state index contributed by atoms with van der Waals surface area (Å²) < 4.78 is 35.7. The number of amides is 1. The molecule has 4 aromatic rings. The highest BCUT2D eigenvalue weighted by Crippen LogP contribution is 2.36. The summed E-state index contributed by atoms with van der Waals surface area (Å²) in [6, 6.07) is 26.4. The average Bonchev–Trinajstić information content (AvgIpc) is 3.56. The number of carbonyl (C=O) groups is 1. The first-order valence-corrected chi connectivity index (χ1v) is 16.6. The monoisotopic (exact) mass is 619 g/mol. The standard InChI is InChI=1S/C33H37N3O5S2/c1-23-19-36(24(2)22-37)33(38)28-11-7-12-29(34-43(39,40)31-13-8-18-42-31)32(28)41-30(23)21-35(3)20-25-14-16-27(17-15-25)26-9-5-4-6-10-26/h4-18,23-24,30,34,37H,19-22H2,1-3H3/t23-,24-,30-/m0/s1. The van der Waals surface area contributed by atoms with Crippen LogP contribution in [0.15, 0.2) is 94.5 Å². The minimum Gasteiger partial charge on any atom is -0.486 e. The number of fused-ring (bicyclic) bond motifs is 1. The van der Waals surface area contributed by atoms with Crippen molar-refractivity contribution in [1.29, 1.82) is 0 Å². The number of nitrogens with zero attached hydrogens (tertiary/aromatic N) is 2. The maximum Gasteiger partial charge on any atom is 0.271 e. The van der Waals surface area contributed by atoms with Gasteiger partial charge in [0.25, 0.3) is 15.9 Å². The van der Waals surface area contributed by atoms with Crippen LogP contribution in [-0.2, 0) is 16.6 Å². The molecule has 1 aromatic heterocycles. The molecule has 0 spiro atoms. The zero-order valence-electron chi connectivity index (χ0n) is 24.5. The number of sulfonamides is 1. The van der Waals surface area contributed by atoms with Gasteiger partial charge in [-0.1, -0.05) is 73.7 Å².